The number of hydroxylamine groups is 1. The smallest absolute Gasteiger partial charge is 0.261 e. The van der Waals surface area contributed by atoms with Crippen molar-refractivity contribution in [3.8, 4) is 5.75 Å². The van der Waals surface area contributed by atoms with Crippen LogP contribution in [0.25, 0.3) is 0 Å². The van der Waals surface area contributed by atoms with Gasteiger partial charge in [-0.05, 0) is 24.1 Å². The third kappa shape index (κ3) is 2.55. The molecule has 6 heteroatoms. The molecule has 1 aliphatic rings. The van der Waals surface area contributed by atoms with Gasteiger partial charge in [0, 0.05) is 6.04 Å². The molecule has 1 heterocycles. The molecule has 6 nitrogen and oxygen atoms in total. The molecule has 2 unspecified atom stereocenters. The molecule has 1 aliphatic heterocycles. The van der Waals surface area contributed by atoms with E-state index in [1.165, 1.54) is 0 Å². The summed E-state index contributed by atoms with van der Waals surface area (Å²) in [5.74, 6) is 0.359. The van der Waals surface area contributed by atoms with Gasteiger partial charge in [-0.3, -0.25) is 10.0 Å². The van der Waals surface area contributed by atoms with Crippen LogP contribution < -0.4 is 21.1 Å². The highest BCUT2D eigenvalue weighted by molar-refractivity contribution is 5.80. The van der Waals surface area contributed by atoms with Gasteiger partial charge in [0.1, 0.15) is 11.8 Å². The van der Waals surface area contributed by atoms with E-state index in [4.69, 9.17) is 9.94 Å². The number of ether oxygens (including phenoxy) is 1. The summed E-state index contributed by atoms with van der Waals surface area (Å²) < 4.78 is 5.08. The number of amides is 1. The van der Waals surface area contributed by atoms with Gasteiger partial charge in [-0.25, -0.2) is 16.3 Å². The molecule has 0 radical (unpaired) electrons. The first kappa shape index (κ1) is 11.8. The van der Waals surface area contributed by atoms with Crippen LogP contribution in [0.3, 0.4) is 0 Å². The topological polar surface area (TPSA) is 82.6 Å². The third-order valence-electron chi connectivity index (χ3n) is 2.85. The molecule has 1 aromatic carbocycles. The summed E-state index contributed by atoms with van der Waals surface area (Å²) in [7, 11) is 1.62. The van der Waals surface area contributed by atoms with Gasteiger partial charge >= 0.3 is 0 Å². The predicted molar refractivity (Wildman–Crippen MR) is 60.3 cm³/mol. The van der Waals surface area contributed by atoms with Crippen molar-refractivity contribution in [3.63, 3.8) is 0 Å². The van der Waals surface area contributed by atoms with Crippen molar-refractivity contribution in [1.82, 2.24) is 16.3 Å². The molecule has 17 heavy (non-hydrogen) atoms. The lowest BCUT2D eigenvalue weighted by molar-refractivity contribution is -0.131. The summed E-state index contributed by atoms with van der Waals surface area (Å²) in [4.78, 5) is 11.2. The molecule has 4 N–H and O–H groups in total. The molecule has 0 spiro atoms. The van der Waals surface area contributed by atoms with Crippen LogP contribution in [0, 0.1) is 0 Å². The van der Waals surface area contributed by atoms with Crippen molar-refractivity contribution in [1.29, 1.82) is 0 Å². The zero-order valence-corrected chi connectivity index (χ0v) is 9.43. The molecule has 0 aromatic heterocycles. The highest BCUT2D eigenvalue weighted by Gasteiger charge is 2.29. The van der Waals surface area contributed by atoms with Crippen LogP contribution in [0.2, 0.25) is 0 Å². The molecule has 2 atom stereocenters. The van der Waals surface area contributed by atoms with Gasteiger partial charge in [-0.2, -0.15) is 0 Å². The largest absolute Gasteiger partial charge is 0.497 e. The predicted octanol–water partition coefficient (Wildman–Crippen LogP) is 0.108. The maximum Gasteiger partial charge on any atom is 0.261 e. The molecule has 2 rings (SSSR count). The van der Waals surface area contributed by atoms with E-state index in [1.807, 2.05) is 24.3 Å². The van der Waals surface area contributed by atoms with E-state index in [1.54, 1.807) is 12.6 Å². The molecule has 0 saturated carbocycles. The lowest BCUT2D eigenvalue weighted by Gasteiger charge is -2.10. The summed E-state index contributed by atoms with van der Waals surface area (Å²) in [6, 6.07) is 7.25. The third-order valence-corrected chi connectivity index (χ3v) is 2.85. The van der Waals surface area contributed by atoms with Gasteiger partial charge in [-0.15, -0.1) is 0 Å². The van der Waals surface area contributed by atoms with Crippen molar-refractivity contribution in [2.45, 2.75) is 18.5 Å². The minimum Gasteiger partial charge on any atom is -0.497 e. The first-order valence-corrected chi connectivity index (χ1v) is 5.33. The van der Waals surface area contributed by atoms with Crippen LogP contribution in [-0.4, -0.2) is 24.3 Å². The minimum atomic E-state index is -0.437. The van der Waals surface area contributed by atoms with Crippen molar-refractivity contribution < 1.29 is 14.7 Å². The molecule has 1 saturated heterocycles. The van der Waals surface area contributed by atoms with Gasteiger partial charge in [0.15, 0.2) is 0 Å². The Labute approximate surface area is 98.9 Å². The zero-order valence-electron chi connectivity index (χ0n) is 9.43. The first-order valence-electron chi connectivity index (χ1n) is 5.33. The van der Waals surface area contributed by atoms with Crippen molar-refractivity contribution >= 4 is 5.91 Å². The molecule has 1 aromatic rings. The van der Waals surface area contributed by atoms with Crippen LogP contribution in [0.15, 0.2) is 24.3 Å². The standard InChI is InChI=1S/C11H15N3O3/c1-17-8-4-2-7(3-5-8)9-6-10(13-12-9)11(15)14-16/h2-5,9-10,12-13,16H,6H2,1H3,(H,14,15). The van der Waals surface area contributed by atoms with Crippen LogP contribution >= 0.6 is 0 Å². The highest BCUT2D eigenvalue weighted by Crippen LogP contribution is 2.24. The van der Waals surface area contributed by atoms with E-state index in [-0.39, 0.29) is 6.04 Å². The van der Waals surface area contributed by atoms with Crippen LogP contribution in [-0.2, 0) is 4.79 Å². The Balaban J connectivity index is 2.02. The molecular weight excluding hydrogens is 222 g/mol. The SMILES string of the molecule is COc1ccc(C2CC(C(=O)NO)NN2)cc1. The lowest BCUT2D eigenvalue weighted by atomic mass is 10.0. The van der Waals surface area contributed by atoms with Crippen molar-refractivity contribution in [2.24, 2.45) is 0 Å². The molecule has 0 aliphatic carbocycles. The van der Waals surface area contributed by atoms with E-state index in [0.29, 0.717) is 6.42 Å². The van der Waals surface area contributed by atoms with E-state index in [9.17, 15) is 4.79 Å². The van der Waals surface area contributed by atoms with Gasteiger partial charge in [-0.1, -0.05) is 12.1 Å². The quantitative estimate of drug-likeness (QED) is 0.443. The number of rotatable bonds is 3. The molecule has 0 bridgehead atoms. The Bertz CT molecular complexity index is 393. The molecule has 1 amide bonds. The monoisotopic (exact) mass is 237 g/mol. The maximum absolute atomic E-state index is 11.2. The number of methoxy groups -OCH3 is 1. The molecular formula is C11H15N3O3. The van der Waals surface area contributed by atoms with Crippen molar-refractivity contribution in [2.75, 3.05) is 7.11 Å². The second kappa shape index (κ2) is 5.13. The normalized spacial score (nSPS) is 23.4. The number of hydrazine groups is 1. The van der Waals surface area contributed by atoms with Crippen molar-refractivity contribution in [3.05, 3.63) is 29.8 Å². The fraction of sp³-hybridized carbons (Fsp3) is 0.364. The van der Waals surface area contributed by atoms with E-state index in [2.05, 4.69) is 10.9 Å². The Morgan fingerprint density at radius 1 is 1.41 bits per heavy atom. The Morgan fingerprint density at radius 3 is 2.71 bits per heavy atom. The average molecular weight is 237 g/mol. The Hall–Kier alpha value is -1.63. The fourth-order valence-corrected chi connectivity index (χ4v) is 1.86. The summed E-state index contributed by atoms with van der Waals surface area (Å²) >= 11 is 0. The van der Waals surface area contributed by atoms with Gasteiger partial charge < -0.3 is 4.74 Å². The number of benzene rings is 1. The summed E-state index contributed by atoms with van der Waals surface area (Å²) in [6.07, 6.45) is 0.582. The van der Waals surface area contributed by atoms with Crippen LogP contribution in [0.4, 0.5) is 0 Å². The summed E-state index contributed by atoms with van der Waals surface area (Å²) in [6.45, 7) is 0. The number of hydrogen-bond donors (Lipinski definition) is 4. The maximum atomic E-state index is 11.2. The number of nitrogens with one attached hydrogen (secondary N) is 3. The average Bonchev–Trinajstić information content (AvgIpc) is 2.87. The Morgan fingerprint density at radius 2 is 2.12 bits per heavy atom. The second-order valence-corrected chi connectivity index (χ2v) is 3.88. The van der Waals surface area contributed by atoms with Crippen LogP contribution in [0.5, 0.6) is 5.75 Å². The van der Waals surface area contributed by atoms with E-state index >= 15 is 0 Å². The molecule has 1 fully saturated rings. The zero-order chi connectivity index (χ0) is 12.3. The number of hydrogen-bond acceptors (Lipinski definition) is 5. The van der Waals surface area contributed by atoms with E-state index < -0.39 is 11.9 Å². The van der Waals surface area contributed by atoms with Gasteiger partial charge in [0.25, 0.3) is 5.91 Å². The minimum absolute atomic E-state index is 0.0446. The highest BCUT2D eigenvalue weighted by atomic mass is 16.5. The summed E-state index contributed by atoms with van der Waals surface area (Å²) in [5.41, 5.74) is 8.54. The van der Waals surface area contributed by atoms with Gasteiger partial charge in [0.05, 0.1) is 7.11 Å². The van der Waals surface area contributed by atoms with Gasteiger partial charge in [0.2, 0.25) is 0 Å². The number of carbonyl (C=O) groups excluding carboxylic acids is 1. The fourth-order valence-electron chi connectivity index (χ4n) is 1.86. The number of carbonyl (C=O) groups is 1. The van der Waals surface area contributed by atoms with E-state index in [0.717, 1.165) is 11.3 Å². The molecule has 92 valence electrons. The Kier molecular flexibility index (Phi) is 3.58. The first-order chi connectivity index (χ1) is 8.24. The summed E-state index contributed by atoms with van der Waals surface area (Å²) in [5, 5.41) is 8.54. The van der Waals surface area contributed by atoms with Crippen LogP contribution in [0.1, 0.15) is 18.0 Å². The lowest BCUT2D eigenvalue weighted by Crippen LogP contribution is -2.41. The second-order valence-electron chi connectivity index (χ2n) is 3.88.